The zero-order chi connectivity index (χ0) is 41.3. The molecule has 0 aromatic rings. The summed E-state index contributed by atoms with van der Waals surface area (Å²) in [6.45, 7) is -4.28. The van der Waals surface area contributed by atoms with Crippen LogP contribution in [0.25, 0.3) is 0 Å². The van der Waals surface area contributed by atoms with Crippen molar-refractivity contribution in [1.82, 2.24) is 0 Å². The topological polar surface area (TPSA) is 427 Å². The van der Waals surface area contributed by atoms with Gasteiger partial charge in [0.25, 0.3) is 0 Å². The largest absolute Gasteiger partial charge is 0.394 e. The molecule has 0 amide bonds. The number of aliphatic hydroxyl groups is 17. The quantitative estimate of drug-likeness (QED) is 0.0819. The summed E-state index contributed by atoms with van der Waals surface area (Å²) in [6, 6.07) is 0. The van der Waals surface area contributed by atoms with Gasteiger partial charge in [-0.15, -0.1) is 0 Å². The number of aliphatic hydroxyl groups excluding tert-OH is 17. The van der Waals surface area contributed by atoms with Crippen LogP contribution in [0.1, 0.15) is 0 Å². The second-order valence-corrected chi connectivity index (χ2v) is 14.0. The van der Waals surface area contributed by atoms with Crippen LogP contribution in [0.5, 0.6) is 0 Å². The Morgan fingerprint density at radius 2 is 0.625 bits per heavy atom. The highest BCUT2D eigenvalue weighted by Gasteiger charge is 2.55. The van der Waals surface area contributed by atoms with E-state index in [1.54, 1.807) is 0 Å². The maximum absolute atomic E-state index is 11.0. The predicted molar refractivity (Wildman–Crippen MR) is 167 cm³/mol. The maximum Gasteiger partial charge on any atom is 0.187 e. The van der Waals surface area contributed by atoms with Gasteiger partial charge in [-0.05, 0) is 0 Å². The van der Waals surface area contributed by atoms with Crippen LogP contribution in [0.2, 0.25) is 0 Å². The van der Waals surface area contributed by atoms with Gasteiger partial charge in [-0.25, -0.2) is 0 Å². The molecule has 5 aliphatic heterocycles. The van der Waals surface area contributed by atoms with Gasteiger partial charge in [-0.3, -0.25) is 0 Å². The summed E-state index contributed by atoms with van der Waals surface area (Å²) < 4.78 is 48.9. The summed E-state index contributed by atoms with van der Waals surface area (Å²) in [6.07, 6.45) is -45.3. The molecule has 56 heavy (non-hydrogen) atoms. The smallest absolute Gasteiger partial charge is 0.187 e. The van der Waals surface area contributed by atoms with Crippen molar-refractivity contribution in [3.8, 4) is 0 Å². The minimum atomic E-state index is -2.06. The lowest BCUT2D eigenvalue weighted by atomic mass is 9.96. The molecule has 0 saturated carbocycles. The van der Waals surface area contributed by atoms with Crippen LogP contribution in [-0.4, -0.2) is 273 Å². The van der Waals surface area contributed by atoms with Crippen LogP contribution in [0.4, 0.5) is 0 Å². The maximum atomic E-state index is 11.0. The Labute approximate surface area is 316 Å². The fourth-order valence-electron chi connectivity index (χ4n) is 6.93. The molecule has 0 aliphatic carbocycles. The minimum absolute atomic E-state index is 0.776. The van der Waals surface area contributed by atoms with Gasteiger partial charge in [0, 0.05) is 0 Å². The Morgan fingerprint density at radius 3 is 1.07 bits per heavy atom. The average Bonchev–Trinajstić information content (AvgIpc) is 3.19. The average molecular weight is 829 g/mol. The van der Waals surface area contributed by atoms with Crippen molar-refractivity contribution in [3.05, 3.63) is 0 Å². The first-order valence-electron chi connectivity index (χ1n) is 17.6. The molecule has 5 saturated heterocycles. The number of hydrogen-bond acceptors (Lipinski definition) is 26. The molecule has 0 unspecified atom stereocenters. The first kappa shape index (κ1) is 46.0. The van der Waals surface area contributed by atoms with Gasteiger partial charge in [0.1, 0.15) is 122 Å². The SMILES string of the molecule is OC[C@H]1O[C@H](O[C@H]2[C@H](O)[C@@H](O)[C@@H](O[C@H]3[C@H](O)[C@@H](O)[C@@H](OC[C@H]4O[C@H](O[C@H]5[C@H](O)[C@@H](O)[C@@H](O)O[C@@H]5CO)[C@H](O)[C@@H](O)[C@@H]4O)O[C@@H]3CO)O[C@@H]2CO)[C@H](O)[C@@H](O)[C@@H]1O. The summed E-state index contributed by atoms with van der Waals surface area (Å²) in [5.74, 6) is 0. The Kier molecular flexibility index (Phi) is 16.1. The van der Waals surface area contributed by atoms with E-state index < -0.39 is 187 Å². The summed E-state index contributed by atoms with van der Waals surface area (Å²) in [4.78, 5) is 0. The summed E-state index contributed by atoms with van der Waals surface area (Å²) in [7, 11) is 0. The van der Waals surface area contributed by atoms with E-state index in [2.05, 4.69) is 0 Å². The van der Waals surface area contributed by atoms with E-state index in [-0.39, 0.29) is 0 Å². The third kappa shape index (κ3) is 9.31. The molecule has 5 fully saturated rings. The normalized spacial score (nSPS) is 53.2. The number of hydrogen-bond donors (Lipinski definition) is 17. The van der Waals surface area contributed by atoms with Crippen molar-refractivity contribution in [2.75, 3.05) is 33.0 Å². The molecule has 5 aliphatic rings. The molecule has 328 valence electrons. The van der Waals surface area contributed by atoms with Gasteiger partial charge >= 0.3 is 0 Å². The molecule has 17 N–H and O–H groups in total. The van der Waals surface area contributed by atoms with Gasteiger partial charge < -0.3 is 129 Å². The third-order valence-corrected chi connectivity index (χ3v) is 10.3. The molecule has 5 heterocycles. The van der Waals surface area contributed by atoms with E-state index in [0.29, 0.717) is 0 Å². The van der Waals surface area contributed by atoms with E-state index in [1.807, 2.05) is 0 Å². The first-order chi connectivity index (χ1) is 26.5. The standard InChI is InChI=1S/C30H52O26/c31-1-6-11(35)13(37)19(43)28(50-6)55-25-9(4-34)52-30(22(46)17(25)41)56-24-8(3-33)51-27(21(45)16(24)40)48-5-10-12(36)14(38)20(44)29(53-10)54-23-7(2-32)49-26(47)18(42)15(23)39/h6-47H,1-5H2/t6-,7-,8-,9-,10-,11-,12-,13+,14+,15-,16-,17-,18-,19-,20-,21-,22-,23-,24-,25-,26+,27+,28-,29-,30-/m1/s1. The van der Waals surface area contributed by atoms with Crippen LogP contribution in [-0.2, 0) is 42.6 Å². The lowest BCUT2D eigenvalue weighted by Crippen LogP contribution is -2.67. The van der Waals surface area contributed by atoms with Crippen molar-refractivity contribution < 1.29 is 129 Å². The Bertz CT molecular complexity index is 1200. The van der Waals surface area contributed by atoms with Crippen molar-refractivity contribution in [3.63, 3.8) is 0 Å². The Balaban J connectivity index is 1.20. The first-order valence-corrected chi connectivity index (χ1v) is 17.6. The fraction of sp³-hybridized carbons (Fsp3) is 1.00. The molecule has 25 atom stereocenters. The van der Waals surface area contributed by atoms with Crippen LogP contribution in [0, 0.1) is 0 Å². The fourth-order valence-corrected chi connectivity index (χ4v) is 6.93. The second-order valence-electron chi connectivity index (χ2n) is 14.0. The highest BCUT2D eigenvalue weighted by Crippen LogP contribution is 2.34. The van der Waals surface area contributed by atoms with Crippen LogP contribution in [0.15, 0.2) is 0 Å². The summed E-state index contributed by atoms with van der Waals surface area (Å²) in [5.41, 5.74) is 0. The Hall–Kier alpha value is -1.04. The molecule has 26 heteroatoms. The molecule has 0 bridgehead atoms. The van der Waals surface area contributed by atoms with E-state index in [1.165, 1.54) is 0 Å². The molecule has 26 nitrogen and oxygen atoms in total. The molecule has 0 radical (unpaired) electrons. The van der Waals surface area contributed by atoms with Gasteiger partial charge in [-0.1, -0.05) is 0 Å². The van der Waals surface area contributed by atoms with Crippen LogP contribution >= 0.6 is 0 Å². The molecule has 0 aromatic heterocycles. The van der Waals surface area contributed by atoms with Crippen LogP contribution < -0.4 is 0 Å². The molecular formula is C30H52O26. The molecule has 0 spiro atoms. The zero-order valence-corrected chi connectivity index (χ0v) is 29.2. The second kappa shape index (κ2) is 19.6. The summed E-state index contributed by atoms with van der Waals surface area (Å²) >= 11 is 0. The molecule has 0 aromatic carbocycles. The van der Waals surface area contributed by atoms with Gasteiger partial charge in [-0.2, -0.15) is 0 Å². The lowest BCUT2D eigenvalue weighted by Gasteiger charge is -2.48. The van der Waals surface area contributed by atoms with Crippen LogP contribution in [0.3, 0.4) is 0 Å². The molecular weight excluding hydrogens is 776 g/mol. The molecule has 5 rings (SSSR count). The van der Waals surface area contributed by atoms with Crippen molar-refractivity contribution in [1.29, 1.82) is 0 Å². The highest BCUT2D eigenvalue weighted by molar-refractivity contribution is 4.98. The number of rotatable bonds is 13. The zero-order valence-electron chi connectivity index (χ0n) is 29.2. The van der Waals surface area contributed by atoms with Gasteiger partial charge in [0.2, 0.25) is 0 Å². The van der Waals surface area contributed by atoms with Crippen molar-refractivity contribution in [2.24, 2.45) is 0 Å². The van der Waals surface area contributed by atoms with E-state index in [4.69, 9.17) is 42.6 Å². The van der Waals surface area contributed by atoms with E-state index in [0.717, 1.165) is 0 Å². The number of ether oxygens (including phenoxy) is 9. The van der Waals surface area contributed by atoms with E-state index >= 15 is 0 Å². The van der Waals surface area contributed by atoms with Crippen molar-refractivity contribution in [2.45, 2.75) is 154 Å². The minimum Gasteiger partial charge on any atom is -0.394 e. The highest BCUT2D eigenvalue weighted by atomic mass is 16.8. The predicted octanol–water partition coefficient (Wildman–Crippen LogP) is -11.9. The monoisotopic (exact) mass is 828 g/mol. The Morgan fingerprint density at radius 1 is 0.304 bits per heavy atom. The van der Waals surface area contributed by atoms with Gasteiger partial charge in [0.15, 0.2) is 31.5 Å². The van der Waals surface area contributed by atoms with E-state index in [9.17, 15) is 86.8 Å². The summed E-state index contributed by atoms with van der Waals surface area (Å²) in [5, 5.41) is 175. The lowest BCUT2D eigenvalue weighted by molar-refractivity contribution is -0.382. The van der Waals surface area contributed by atoms with Gasteiger partial charge in [0.05, 0.1) is 33.0 Å². The third-order valence-electron chi connectivity index (χ3n) is 10.3. The van der Waals surface area contributed by atoms with Crippen molar-refractivity contribution >= 4 is 0 Å².